The fourth-order valence-electron chi connectivity index (χ4n) is 3.07. The van der Waals surface area contributed by atoms with Crippen molar-refractivity contribution in [3.05, 3.63) is 35.9 Å². The number of halogens is 1. The number of rotatable bonds is 8. The Morgan fingerprint density at radius 2 is 2.07 bits per heavy atom. The number of thioether (sulfide) groups is 1. The molecule has 2 aromatic rings. The van der Waals surface area contributed by atoms with E-state index in [-0.39, 0.29) is 29.1 Å². The van der Waals surface area contributed by atoms with Gasteiger partial charge in [0.15, 0.2) is 11.0 Å². The van der Waals surface area contributed by atoms with Gasteiger partial charge in [-0.05, 0) is 57.9 Å². The number of ether oxygens (including phenoxy) is 1. The zero-order valence-electron chi connectivity index (χ0n) is 17.1. The minimum absolute atomic E-state index is 0.0415. The normalized spacial score (nSPS) is 16.8. The third-order valence-corrected chi connectivity index (χ3v) is 5.31. The van der Waals surface area contributed by atoms with Crippen molar-refractivity contribution in [1.29, 1.82) is 0 Å². The summed E-state index contributed by atoms with van der Waals surface area (Å²) in [6.07, 6.45) is 2.17. The zero-order chi connectivity index (χ0) is 20.9. The van der Waals surface area contributed by atoms with Crippen LogP contribution in [0, 0.1) is 5.82 Å². The van der Waals surface area contributed by atoms with Crippen molar-refractivity contribution in [1.82, 2.24) is 20.1 Å². The van der Waals surface area contributed by atoms with E-state index in [0.717, 1.165) is 31.0 Å². The molecule has 0 aliphatic carbocycles. The van der Waals surface area contributed by atoms with Gasteiger partial charge < -0.3 is 19.9 Å². The molecule has 0 saturated carbocycles. The van der Waals surface area contributed by atoms with Crippen molar-refractivity contribution >= 4 is 23.4 Å². The number of amides is 1. The predicted molar refractivity (Wildman–Crippen MR) is 111 cm³/mol. The Hall–Kier alpha value is -2.13. The third-order valence-electron chi connectivity index (χ3n) is 4.35. The molecule has 3 rings (SSSR count). The van der Waals surface area contributed by atoms with Crippen molar-refractivity contribution < 1.29 is 13.9 Å². The molecular formula is C20H28FN5O2S. The van der Waals surface area contributed by atoms with Crippen molar-refractivity contribution in [2.24, 2.45) is 0 Å². The minimum Gasteiger partial charge on any atom is -0.378 e. The Balaban J connectivity index is 1.68. The van der Waals surface area contributed by atoms with Crippen molar-refractivity contribution in [2.75, 3.05) is 17.7 Å². The number of nitrogens with one attached hydrogen (secondary N) is 2. The fraction of sp³-hybridized carbons (Fsp3) is 0.550. The highest BCUT2D eigenvalue weighted by molar-refractivity contribution is 7.99. The summed E-state index contributed by atoms with van der Waals surface area (Å²) in [5.74, 6) is 0.708. The van der Waals surface area contributed by atoms with E-state index < -0.39 is 0 Å². The molecular weight excluding hydrogens is 393 g/mol. The van der Waals surface area contributed by atoms with Crippen LogP contribution in [0.25, 0.3) is 0 Å². The second-order valence-corrected chi connectivity index (χ2v) is 9.03. The summed E-state index contributed by atoms with van der Waals surface area (Å²) in [5.41, 5.74) is 0.532. The number of hydrogen-bond acceptors (Lipinski definition) is 6. The Morgan fingerprint density at radius 1 is 1.31 bits per heavy atom. The molecule has 1 amide bonds. The lowest BCUT2D eigenvalue weighted by Crippen LogP contribution is -2.41. The van der Waals surface area contributed by atoms with Crippen LogP contribution in [-0.2, 0) is 22.6 Å². The molecule has 1 aliphatic rings. The molecule has 9 heteroatoms. The molecule has 1 aromatic heterocycles. The van der Waals surface area contributed by atoms with Crippen LogP contribution < -0.4 is 10.6 Å². The Morgan fingerprint density at radius 3 is 2.72 bits per heavy atom. The van der Waals surface area contributed by atoms with Gasteiger partial charge in [-0.2, -0.15) is 0 Å². The molecule has 1 saturated heterocycles. The van der Waals surface area contributed by atoms with Gasteiger partial charge in [-0.1, -0.05) is 11.8 Å². The van der Waals surface area contributed by atoms with Crippen LogP contribution in [0.4, 0.5) is 10.1 Å². The number of anilines is 1. The van der Waals surface area contributed by atoms with Crippen LogP contribution in [0.15, 0.2) is 29.4 Å². The molecule has 158 valence electrons. The first-order chi connectivity index (χ1) is 13.8. The van der Waals surface area contributed by atoms with Crippen molar-refractivity contribution in [2.45, 2.75) is 63.5 Å². The quantitative estimate of drug-likeness (QED) is 0.637. The molecule has 1 atom stereocenters. The summed E-state index contributed by atoms with van der Waals surface area (Å²) in [7, 11) is 0. The van der Waals surface area contributed by atoms with Gasteiger partial charge in [-0.25, -0.2) is 4.39 Å². The van der Waals surface area contributed by atoms with E-state index in [4.69, 9.17) is 4.74 Å². The Bertz CT molecular complexity index is 813. The van der Waals surface area contributed by atoms with E-state index in [2.05, 4.69) is 20.8 Å². The lowest BCUT2D eigenvalue weighted by molar-refractivity contribution is -0.119. The summed E-state index contributed by atoms with van der Waals surface area (Å²) in [6.45, 7) is 7.72. The lowest BCUT2D eigenvalue weighted by Gasteiger charge is -2.20. The van der Waals surface area contributed by atoms with Gasteiger partial charge in [-0.3, -0.25) is 4.79 Å². The largest absolute Gasteiger partial charge is 0.378 e. The monoisotopic (exact) mass is 421 g/mol. The molecule has 1 fully saturated rings. The van der Waals surface area contributed by atoms with Gasteiger partial charge in [-0.15, -0.1) is 10.2 Å². The maximum Gasteiger partial charge on any atom is 0.230 e. The number of aromatic nitrogens is 3. The number of nitrogens with zero attached hydrogens (tertiary/aromatic N) is 3. The molecule has 1 unspecified atom stereocenters. The number of carbonyl (C=O) groups is 1. The number of carbonyl (C=O) groups excluding carboxylic acids is 1. The highest BCUT2D eigenvalue weighted by atomic mass is 32.2. The van der Waals surface area contributed by atoms with E-state index in [9.17, 15) is 9.18 Å². The summed E-state index contributed by atoms with van der Waals surface area (Å²) in [4.78, 5) is 12.2. The van der Waals surface area contributed by atoms with Crippen LogP contribution >= 0.6 is 11.8 Å². The molecule has 7 nitrogen and oxygen atoms in total. The summed E-state index contributed by atoms with van der Waals surface area (Å²) in [5, 5.41) is 15.5. The van der Waals surface area contributed by atoms with Crippen molar-refractivity contribution in [3.8, 4) is 0 Å². The molecule has 1 aromatic carbocycles. The summed E-state index contributed by atoms with van der Waals surface area (Å²) >= 11 is 1.37. The first-order valence-corrected chi connectivity index (χ1v) is 10.8. The van der Waals surface area contributed by atoms with E-state index in [1.165, 1.54) is 23.9 Å². The van der Waals surface area contributed by atoms with E-state index in [1.807, 2.05) is 25.3 Å². The van der Waals surface area contributed by atoms with Gasteiger partial charge in [0.05, 0.1) is 24.9 Å². The van der Waals surface area contributed by atoms with Crippen LogP contribution in [0.2, 0.25) is 0 Å². The second-order valence-electron chi connectivity index (χ2n) is 8.09. The molecule has 29 heavy (non-hydrogen) atoms. The third kappa shape index (κ3) is 6.71. The van der Waals surface area contributed by atoms with Crippen LogP contribution in [0.5, 0.6) is 0 Å². The van der Waals surface area contributed by atoms with Gasteiger partial charge in [0, 0.05) is 17.8 Å². The zero-order valence-corrected chi connectivity index (χ0v) is 17.9. The van der Waals surface area contributed by atoms with Gasteiger partial charge >= 0.3 is 0 Å². The van der Waals surface area contributed by atoms with Gasteiger partial charge in [0.1, 0.15) is 5.82 Å². The average Bonchev–Trinajstić information content (AvgIpc) is 3.29. The smallest absolute Gasteiger partial charge is 0.230 e. The molecule has 0 spiro atoms. The molecule has 2 N–H and O–H groups in total. The highest BCUT2D eigenvalue weighted by Gasteiger charge is 2.22. The lowest BCUT2D eigenvalue weighted by atomic mass is 10.1. The van der Waals surface area contributed by atoms with Gasteiger partial charge in [0.2, 0.25) is 5.91 Å². The maximum absolute atomic E-state index is 13.1. The summed E-state index contributed by atoms with van der Waals surface area (Å²) in [6, 6.07) is 6.19. The highest BCUT2D eigenvalue weighted by Crippen LogP contribution is 2.22. The van der Waals surface area contributed by atoms with E-state index in [0.29, 0.717) is 18.2 Å². The molecule has 0 bridgehead atoms. The molecule has 1 aliphatic heterocycles. The SMILES string of the molecule is CC(C)(C)NC(=O)CSc1nnc(CNc2ccc(F)cc2)n1CC1CCCO1. The number of benzene rings is 1. The molecule has 2 heterocycles. The number of hydrogen-bond donors (Lipinski definition) is 2. The summed E-state index contributed by atoms with van der Waals surface area (Å²) < 4.78 is 20.9. The van der Waals surface area contributed by atoms with Crippen LogP contribution in [0.1, 0.15) is 39.4 Å². The minimum atomic E-state index is -0.274. The maximum atomic E-state index is 13.1. The van der Waals surface area contributed by atoms with Crippen LogP contribution in [0.3, 0.4) is 0 Å². The van der Waals surface area contributed by atoms with E-state index in [1.54, 1.807) is 12.1 Å². The Kier molecular flexibility index (Phi) is 7.13. The topological polar surface area (TPSA) is 81.1 Å². The standard InChI is InChI=1S/C20H28FN5O2S/c1-20(2,3)23-18(27)13-29-19-25-24-17(26(19)12-16-5-4-10-28-16)11-22-15-8-6-14(21)7-9-15/h6-9,16,22H,4-5,10-13H2,1-3H3,(H,23,27). The van der Waals surface area contributed by atoms with Crippen LogP contribution in [-0.4, -0.2) is 44.7 Å². The van der Waals surface area contributed by atoms with Gasteiger partial charge in [0.25, 0.3) is 0 Å². The predicted octanol–water partition coefficient (Wildman–Crippen LogP) is 3.22. The van der Waals surface area contributed by atoms with E-state index >= 15 is 0 Å². The average molecular weight is 422 g/mol. The second kappa shape index (κ2) is 9.58. The first-order valence-electron chi connectivity index (χ1n) is 9.77. The Labute approximate surface area is 174 Å². The fourth-order valence-corrected chi connectivity index (χ4v) is 3.83. The molecule has 0 radical (unpaired) electrons. The first kappa shape index (κ1) is 21.6. The van der Waals surface area contributed by atoms with Crippen molar-refractivity contribution in [3.63, 3.8) is 0 Å².